The molecule has 1 aliphatic heterocycles. The van der Waals surface area contributed by atoms with E-state index in [1.165, 1.54) is 12.3 Å². The summed E-state index contributed by atoms with van der Waals surface area (Å²) in [5.41, 5.74) is 1.32. The molecule has 1 unspecified atom stereocenters. The van der Waals surface area contributed by atoms with Gasteiger partial charge in [0.25, 0.3) is 0 Å². The van der Waals surface area contributed by atoms with Gasteiger partial charge in [0.15, 0.2) is 5.78 Å². The number of ketones is 1. The molecule has 1 atom stereocenters. The van der Waals surface area contributed by atoms with Crippen LogP contribution in [0.5, 0.6) is 11.5 Å². The number of ether oxygens (including phenoxy) is 1. The van der Waals surface area contributed by atoms with Crippen LogP contribution in [0, 0.1) is 0 Å². The molecule has 0 bridgehead atoms. The van der Waals surface area contributed by atoms with Crippen LogP contribution in [0.25, 0.3) is 0 Å². The lowest BCUT2D eigenvalue weighted by Gasteiger charge is -2.19. The molecule has 2 aromatic rings. The maximum Gasteiger partial charge on any atom is 0.170 e. The summed E-state index contributed by atoms with van der Waals surface area (Å²) in [5.74, 6) is 0.538. The van der Waals surface area contributed by atoms with Gasteiger partial charge in [0.2, 0.25) is 0 Å². The Morgan fingerprint density at radius 2 is 1.78 bits per heavy atom. The SMILES string of the molecule is CC1=NC=CC(=O)C1c1ccc(Oc2ccccc2)c(Cl)c1Cl. The number of para-hydroxylation sites is 1. The number of hydrogen-bond donors (Lipinski definition) is 0. The summed E-state index contributed by atoms with van der Waals surface area (Å²) in [4.78, 5) is 16.3. The Morgan fingerprint density at radius 3 is 2.48 bits per heavy atom. The summed E-state index contributed by atoms with van der Waals surface area (Å²) in [6.07, 6.45) is 2.94. The van der Waals surface area contributed by atoms with E-state index in [2.05, 4.69) is 4.99 Å². The van der Waals surface area contributed by atoms with E-state index in [0.717, 1.165) is 0 Å². The van der Waals surface area contributed by atoms with Crippen molar-refractivity contribution in [2.75, 3.05) is 0 Å². The molecule has 2 aromatic carbocycles. The average molecular weight is 346 g/mol. The van der Waals surface area contributed by atoms with E-state index in [0.29, 0.717) is 27.8 Å². The summed E-state index contributed by atoms with van der Waals surface area (Å²) in [6, 6.07) is 12.8. The molecule has 0 spiro atoms. The molecule has 3 nitrogen and oxygen atoms in total. The molecule has 0 amide bonds. The summed E-state index contributed by atoms with van der Waals surface area (Å²) in [5, 5.41) is 0.589. The highest BCUT2D eigenvalue weighted by Gasteiger charge is 2.27. The highest BCUT2D eigenvalue weighted by molar-refractivity contribution is 6.44. The maximum absolute atomic E-state index is 12.1. The molecule has 0 saturated heterocycles. The quantitative estimate of drug-likeness (QED) is 0.744. The van der Waals surface area contributed by atoms with Gasteiger partial charge in [-0.25, -0.2) is 0 Å². The van der Waals surface area contributed by atoms with Crippen LogP contribution in [-0.4, -0.2) is 11.5 Å². The second kappa shape index (κ2) is 6.57. The van der Waals surface area contributed by atoms with E-state index < -0.39 is 5.92 Å². The molecule has 1 aliphatic rings. The minimum absolute atomic E-state index is 0.0628. The Bertz CT molecular complexity index is 813. The third-order valence-electron chi connectivity index (χ3n) is 3.58. The van der Waals surface area contributed by atoms with Crippen molar-refractivity contribution in [3.05, 3.63) is 70.3 Å². The number of benzene rings is 2. The van der Waals surface area contributed by atoms with Crippen molar-refractivity contribution in [1.82, 2.24) is 0 Å². The van der Waals surface area contributed by atoms with E-state index in [9.17, 15) is 4.79 Å². The minimum atomic E-state index is -0.504. The van der Waals surface area contributed by atoms with Crippen LogP contribution >= 0.6 is 23.2 Å². The van der Waals surface area contributed by atoms with Crippen LogP contribution in [0.4, 0.5) is 0 Å². The first-order valence-electron chi connectivity index (χ1n) is 7.03. The summed E-state index contributed by atoms with van der Waals surface area (Å²) in [7, 11) is 0. The van der Waals surface area contributed by atoms with Crippen LogP contribution in [0.1, 0.15) is 18.4 Å². The molecule has 0 saturated carbocycles. The van der Waals surface area contributed by atoms with Gasteiger partial charge in [-0.1, -0.05) is 47.5 Å². The van der Waals surface area contributed by atoms with Crippen LogP contribution < -0.4 is 4.74 Å². The topological polar surface area (TPSA) is 38.7 Å². The first kappa shape index (κ1) is 15.8. The number of allylic oxidation sites excluding steroid dienone is 1. The molecular formula is C18H13Cl2NO2. The Kier molecular flexibility index (Phi) is 4.51. The predicted molar refractivity (Wildman–Crippen MR) is 93.0 cm³/mol. The number of rotatable bonds is 3. The monoisotopic (exact) mass is 345 g/mol. The van der Waals surface area contributed by atoms with Gasteiger partial charge in [-0.3, -0.25) is 9.79 Å². The smallest absolute Gasteiger partial charge is 0.170 e. The third kappa shape index (κ3) is 3.16. The van der Waals surface area contributed by atoms with E-state index in [1.54, 1.807) is 19.1 Å². The molecule has 116 valence electrons. The van der Waals surface area contributed by atoms with E-state index >= 15 is 0 Å². The zero-order chi connectivity index (χ0) is 16.4. The zero-order valence-corrected chi connectivity index (χ0v) is 13.8. The molecule has 0 fully saturated rings. The minimum Gasteiger partial charge on any atom is -0.456 e. The highest BCUT2D eigenvalue weighted by Crippen LogP contribution is 2.40. The highest BCUT2D eigenvalue weighted by atomic mass is 35.5. The Labute approximate surface area is 144 Å². The standard InChI is InChI=1S/C18H13Cl2NO2/c1-11-16(14(22)9-10-21-11)13-7-8-15(18(20)17(13)19)23-12-5-3-2-4-6-12/h2-10,16H,1H3. The number of nitrogens with zero attached hydrogens (tertiary/aromatic N) is 1. The molecule has 0 aromatic heterocycles. The van der Waals surface area contributed by atoms with Gasteiger partial charge in [-0.05, 0) is 30.7 Å². The van der Waals surface area contributed by atoms with Crippen molar-refractivity contribution in [2.45, 2.75) is 12.8 Å². The molecule has 0 N–H and O–H groups in total. The van der Waals surface area contributed by atoms with Gasteiger partial charge >= 0.3 is 0 Å². The van der Waals surface area contributed by atoms with Crippen molar-refractivity contribution >= 4 is 34.7 Å². The van der Waals surface area contributed by atoms with Crippen LogP contribution in [-0.2, 0) is 4.79 Å². The van der Waals surface area contributed by atoms with Crippen molar-refractivity contribution in [3.63, 3.8) is 0 Å². The molecule has 3 rings (SSSR count). The van der Waals surface area contributed by atoms with E-state index in [4.69, 9.17) is 27.9 Å². The van der Waals surface area contributed by atoms with E-state index in [-0.39, 0.29) is 10.8 Å². The van der Waals surface area contributed by atoms with Crippen LogP contribution in [0.3, 0.4) is 0 Å². The van der Waals surface area contributed by atoms with Gasteiger partial charge < -0.3 is 4.74 Å². The number of hydrogen-bond acceptors (Lipinski definition) is 3. The van der Waals surface area contributed by atoms with Crippen molar-refractivity contribution in [2.24, 2.45) is 4.99 Å². The molecular weight excluding hydrogens is 333 g/mol. The van der Waals surface area contributed by atoms with Gasteiger partial charge in [0, 0.05) is 18.0 Å². The first-order valence-corrected chi connectivity index (χ1v) is 7.79. The van der Waals surface area contributed by atoms with Crippen molar-refractivity contribution < 1.29 is 9.53 Å². The second-order valence-electron chi connectivity index (χ2n) is 5.12. The molecule has 1 heterocycles. The number of carbonyl (C=O) groups excluding carboxylic acids is 1. The van der Waals surface area contributed by atoms with Crippen LogP contribution in [0.15, 0.2) is 59.7 Å². The number of carbonyl (C=O) groups is 1. The summed E-state index contributed by atoms with van der Waals surface area (Å²) >= 11 is 12.7. The zero-order valence-electron chi connectivity index (χ0n) is 12.3. The van der Waals surface area contributed by atoms with Crippen molar-refractivity contribution in [1.29, 1.82) is 0 Å². The fourth-order valence-electron chi connectivity index (χ4n) is 2.45. The van der Waals surface area contributed by atoms with Crippen molar-refractivity contribution in [3.8, 4) is 11.5 Å². The molecule has 5 heteroatoms. The molecule has 23 heavy (non-hydrogen) atoms. The number of halogens is 2. The summed E-state index contributed by atoms with van der Waals surface area (Å²) < 4.78 is 5.74. The average Bonchev–Trinajstić information content (AvgIpc) is 2.55. The van der Waals surface area contributed by atoms with Gasteiger partial charge in [0.05, 0.1) is 10.9 Å². The lowest BCUT2D eigenvalue weighted by molar-refractivity contribution is -0.114. The second-order valence-corrected chi connectivity index (χ2v) is 5.87. The molecule has 0 radical (unpaired) electrons. The normalized spacial score (nSPS) is 17.1. The lowest BCUT2D eigenvalue weighted by atomic mass is 9.89. The van der Waals surface area contributed by atoms with Gasteiger partial charge in [0.1, 0.15) is 16.5 Å². The Hall–Kier alpha value is -2.10. The maximum atomic E-state index is 12.1. The lowest BCUT2D eigenvalue weighted by Crippen LogP contribution is -2.21. The van der Waals surface area contributed by atoms with Gasteiger partial charge in [-0.15, -0.1) is 0 Å². The summed E-state index contributed by atoms with van der Waals surface area (Å²) in [6.45, 7) is 1.80. The largest absolute Gasteiger partial charge is 0.456 e. The first-order chi connectivity index (χ1) is 11.1. The van der Waals surface area contributed by atoms with Crippen LogP contribution in [0.2, 0.25) is 10.0 Å². The fraction of sp³-hybridized carbons (Fsp3) is 0.111. The van der Waals surface area contributed by atoms with E-state index in [1.807, 2.05) is 30.3 Å². The van der Waals surface area contributed by atoms with Gasteiger partial charge in [-0.2, -0.15) is 0 Å². The molecule has 0 aliphatic carbocycles. The third-order valence-corrected chi connectivity index (χ3v) is 4.46. The number of aliphatic imine (C=N–C) groups is 1. The Balaban J connectivity index is 1.97. The Morgan fingerprint density at radius 1 is 1.04 bits per heavy atom. The predicted octanol–water partition coefficient (Wildman–Crippen LogP) is 5.43. The fourth-order valence-corrected chi connectivity index (χ4v) is 2.92.